The molecule has 0 aromatic heterocycles. The summed E-state index contributed by atoms with van der Waals surface area (Å²) in [6.07, 6.45) is 2.49. The Morgan fingerprint density at radius 2 is 2.00 bits per heavy atom. The molecule has 0 saturated carbocycles. The van der Waals surface area contributed by atoms with E-state index in [1.54, 1.807) is 12.1 Å². The molecule has 0 aliphatic carbocycles. The fourth-order valence-corrected chi connectivity index (χ4v) is 3.29. The van der Waals surface area contributed by atoms with E-state index in [0.717, 1.165) is 24.6 Å². The van der Waals surface area contributed by atoms with Crippen LogP contribution in [0.2, 0.25) is 0 Å². The minimum absolute atomic E-state index is 0.245. The van der Waals surface area contributed by atoms with E-state index in [9.17, 15) is 8.42 Å². The molecule has 0 amide bonds. The molecule has 2 unspecified atom stereocenters. The largest absolute Gasteiger partial charge is 0.310 e. The van der Waals surface area contributed by atoms with Crippen molar-refractivity contribution in [3.63, 3.8) is 0 Å². The maximum absolute atomic E-state index is 11.4. The topological polar surface area (TPSA) is 49.4 Å². The van der Waals surface area contributed by atoms with Crippen LogP contribution in [0.3, 0.4) is 0 Å². The lowest BCUT2D eigenvalue weighted by molar-refractivity contribution is 0.382. The van der Waals surface area contributed by atoms with Crippen LogP contribution < -0.4 is 5.32 Å². The second-order valence-corrected chi connectivity index (χ2v) is 7.90. The van der Waals surface area contributed by atoms with Crippen molar-refractivity contribution in [2.24, 2.45) is 5.92 Å². The highest BCUT2D eigenvalue weighted by molar-refractivity contribution is 7.90. The van der Waals surface area contributed by atoms with Gasteiger partial charge in [0.05, 0.1) is 4.90 Å². The van der Waals surface area contributed by atoms with Crippen LogP contribution in [0.4, 0.5) is 0 Å². The van der Waals surface area contributed by atoms with Crippen LogP contribution in [0, 0.1) is 5.92 Å². The van der Waals surface area contributed by atoms with E-state index < -0.39 is 9.84 Å². The summed E-state index contributed by atoms with van der Waals surface area (Å²) in [5.74, 6) is 0.720. The third-order valence-electron chi connectivity index (χ3n) is 4.01. The molecule has 1 heterocycles. The van der Waals surface area contributed by atoms with Crippen LogP contribution in [0.1, 0.15) is 24.9 Å². The van der Waals surface area contributed by atoms with Crippen molar-refractivity contribution >= 4 is 9.84 Å². The van der Waals surface area contributed by atoms with Gasteiger partial charge in [0.2, 0.25) is 0 Å². The average molecular weight is 296 g/mol. The van der Waals surface area contributed by atoms with Crippen LogP contribution in [-0.2, 0) is 9.84 Å². The van der Waals surface area contributed by atoms with E-state index in [1.165, 1.54) is 19.2 Å². The average Bonchev–Trinajstić information content (AvgIpc) is 2.81. The number of benzene rings is 1. The molecule has 1 aromatic rings. The van der Waals surface area contributed by atoms with Gasteiger partial charge in [-0.3, -0.25) is 0 Å². The lowest BCUT2D eigenvalue weighted by Gasteiger charge is -2.18. The molecule has 4 nitrogen and oxygen atoms in total. The van der Waals surface area contributed by atoms with Crippen molar-refractivity contribution in [2.75, 3.05) is 32.9 Å². The van der Waals surface area contributed by atoms with Crippen LogP contribution in [0.5, 0.6) is 0 Å². The van der Waals surface area contributed by atoms with Crippen LogP contribution in [0.25, 0.3) is 0 Å². The summed E-state index contributed by atoms with van der Waals surface area (Å²) < 4.78 is 22.8. The Kier molecular flexibility index (Phi) is 4.83. The minimum atomic E-state index is -3.10. The Labute approximate surface area is 122 Å². The molecule has 2 rings (SSSR count). The Morgan fingerprint density at radius 1 is 1.35 bits per heavy atom. The first-order chi connectivity index (χ1) is 9.36. The van der Waals surface area contributed by atoms with Gasteiger partial charge >= 0.3 is 0 Å². The summed E-state index contributed by atoms with van der Waals surface area (Å²) in [7, 11) is -0.943. The van der Waals surface area contributed by atoms with E-state index in [2.05, 4.69) is 24.2 Å². The molecule has 2 atom stereocenters. The Balaban J connectivity index is 1.91. The highest BCUT2D eigenvalue weighted by Crippen LogP contribution is 2.18. The molecule has 1 aromatic carbocycles. The van der Waals surface area contributed by atoms with Gasteiger partial charge in [-0.15, -0.1) is 0 Å². The smallest absolute Gasteiger partial charge is 0.175 e. The van der Waals surface area contributed by atoms with Gasteiger partial charge in [-0.05, 0) is 57.1 Å². The zero-order valence-electron chi connectivity index (χ0n) is 12.5. The number of nitrogens with zero attached hydrogens (tertiary/aromatic N) is 1. The number of likely N-dealkylation sites (tertiary alicyclic amines) is 1. The number of nitrogens with one attached hydrogen (secondary N) is 1. The summed E-state index contributed by atoms with van der Waals surface area (Å²) in [6, 6.07) is 7.41. The summed E-state index contributed by atoms with van der Waals surface area (Å²) >= 11 is 0. The Morgan fingerprint density at radius 3 is 2.50 bits per heavy atom. The second-order valence-electron chi connectivity index (χ2n) is 5.89. The van der Waals surface area contributed by atoms with Crippen molar-refractivity contribution in [1.82, 2.24) is 10.2 Å². The van der Waals surface area contributed by atoms with E-state index in [4.69, 9.17) is 0 Å². The number of hydrogen-bond donors (Lipinski definition) is 1. The van der Waals surface area contributed by atoms with Gasteiger partial charge in [-0.2, -0.15) is 0 Å². The summed E-state index contributed by atoms with van der Waals surface area (Å²) in [4.78, 5) is 2.74. The quantitative estimate of drug-likeness (QED) is 0.898. The molecule has 1 aliphatic rings. The van der Waals surface area contributed by atoms with Gasteiger partial charge in [0.1, 0.15) is 0 Å². The van der Waals surface area contributed by atoms with E-state index >= 15 is 0 Å². The molecule has 5 heteroatoms. The predicted octanol–water partition coefficient (Wildman–Crippen LogP) is 1.69. The number of sulfone groups is 1. The third kappa shape index (κ3) is 4.04. The number of hydrogen-bond acceptors (Lipinski definition) is 4. The van der Waals surface area contributed by atoms with Gasteiger partial charge in [0.15, 0.2) is 9.84 Å². The summed E-state index contributed by atoms with van der Waals surface area (Å²) in [5, 5.41) is 3.54. The summed E-state index contributed by atoms with van der Waals surface area (Å²) in [5.41, 5.74) is 1.13. The van der Waals surface area contributed by atoms with Crippen molar-refractivity contribution in [3.05, 3.63) is 29.8 Å². The zero-order valence-corrected chi connectivity index (χ0v) is 13.3. The zero-order chi connectivity index (χ0) is 14.8. The SMILES string of the molecule is CC(NCC1CCN(C)C1)c1ccc(S(C)(=O)=O)cc1. The highest BCUT2D eigenvalue weighted by atomic mass is 32.2. The molecule has 1 saturated heterocycles. The van der Waals surface area contributed by atoms with Crippen LogP contribution >= 0.6 is 0 Å². The van der Waals surface area contributed by atoms with Gasteiger partial charge in [-0.1, -0.05) is 12.1 Å². The molecular formula is C15H24N2O2S. The van der Waals surface area contributed by atoms with Crippen LogP contribution in [-0.4, -0.2) is 46.3 Å². The predicted molar refractivity (Wildman–Crippen MR) is 81.6 cm³/mol. The molecule has 1 N–H and O–H groups in total. The molecular weight excluding hydrogens is 272 g/mol. The molecule has 0 radical (unpaired) electrons. The molecule has 1 fully saturated rings. The number of rotatable bonds is 5. The maximum Gasteiger partial charge on any atom is 0.175 e. The lowest BCUT2D eigenvalue weighted by Crippen LogP contribution is -2.27. The Hall–Kier alpha value is -0.910. The van der Waals surface area contributed by atoms with Gasteiger partial charge in [0.25, 0.3) is 0 Å². The molecule has 20 heavy (non-hydrogen) atoms. The Bertz CT molecular complexity index is 539. The van der Waals surface area contributed by atoms with Crippen molar-refractivity contribution in [1.29, 1.82) is 0 Å². The molecule has 0 spiro atoms. The maximum atomic E-state index is 11.4. The molecule has 0 bridgehead atoms. The van der Waals surface area contributed by atoms with Gasteiger partial charge in [0, 0.05) is 18.8 Å². The van der Waals surface area contributed by atoms with Crippen molar-refractivity contribution < 1.29 is 8.42 Å². The van der Waals surface area contributed by atoms with E-state index in [-0.39, 0.29) is 6.04 Å². The fraction of sp³-hybridized carbons (Fsp3) is 0.600. The first-order valence-corrected chi connectivity index (χ1v) is 8.97. The van der Waals surface area contributed by atoms with Crippen molar-refractivity contribution in [3.8, 4) is 0 Å². The second kappa shape index (κ2) is 6.24. The van der Waals surface area contributed by atoms with Crippen molar-refractivity contribution in [2.45, 2.75) is 24.3 Å². The highest BCUT2D eigenvalue weighted by Gasteiger charge is 2.19. The lowest BCUT2D eigenvalue weighted by atomic mass is 10.1. The summed E-state index contributed by atoms with van der Waals surface area (Å²) in [6.45, 7) is 5.48. The normalized spacial score (nSPS) is 22.1. The molecule has 1 aliphatic heterocycles. The van der Waals surface area contributed by atoms with Crippen LogP contribution in [0.15, 0.2) is 29.2 Å². The first-order valence-electron chi connectivity index (χ1n) is 7.08. The minimum Gasteiger partial charge on any atom is -0.310 e. The third-order valence-corrected chi connectivity index (χ3v) is 5.14. The van der Waals surface area contributed by atoms with E-state index in [1.807, 2.05) is 12.1 Å². The molecule has 112 valence electrons. The standard InChI is InChI=1S/C15H24N2O2S/c1-12(16-10-13-8-9-17(2)11-13)14-4-6-15(7-5-14)20(3,18)19/h4-7,12-13,16H,8-11H2,1-3H3. The van der Waals surface area contributed by atoms with E-state index in [0.29, 0.717) is 4.90 Å². The first kappa shape index (κ1) is 15.5. The fourth-order valence-electron chi connectivity index (χ4n) is 2.66. The van der Waals surface area contributed by atoms with Gasteiger partial charge < -0.3 is 10.2 Å². The van der Waals surface area contributed by atoms with Gasteiger partial charge in [-0.25, -0.2) is 8.42 Å². The monoisotopic (exact) mass is 296 g/mol.